The number of alkyl halides is 3. The Morgan fingerprint density at radius 1 is 1.12 bits per heavy atom. The summed E-state index contributed by atoms with van der Waals surface area (Å²) in [6.45, 7) is 0. The van der Waals surface area contributed by atoms with Crippen LogP contribution >= 0.6 is 15.9 Å². The number of nitrogens with one attached hydrogen (secondary N) is 2. The number of amides is 2. The number of hydrogen-bond donors (Lipinski definition) is 2. The van der Waals surface area contributed by atoms with Crippen LogP contribution < -0.4 is 10.6 Å². The molecule has 1 heterocycles. The molecule has 3 rings (SSSR count). The third-order valence-electron chi connectivity index (χ3n) is 3.76. The summed E-state index contributed by atoms with van der Waals surface area (Å²) in [4.78, 5) is 27.7. The number of aromatic nitrogens is 1. The van der Waals surface area contributed by atoms with Gasteiger partial charge in [-0.05, 0) is 53.0 Å². The quantitative estimate of drug-likeness (QED) is 0.756. The van der Waals surface area contributed by atoms with E-state index in [1.54, 1.807) is 0 Å². The monoisotopic (exact) mass is 427 g/mol. The minimum atomic E-state index is -4.70. The van der Waals surface area contributed by atoms with Crippen LogP contribution in [0.3, 0.4) is 0 Å². The minimum absolute atomic E-state index is 0.0383. The van der Waals surface area contributed by atoms with E-state index in [0.29, 0.717) is 4.47 Å². The van der Waals surface area contributed by atoms with Crippen molar-refractivity contribution in [2.45, 2.75) is 19.0 Å². The van der Waals surface area contributed by atoms with Gasteiger partial charge in [0, 0.05) is 28.5 Å². The Balaban J connectivity index is 1.85. The van der Waals surface area contributed by atoms with Gasteiger partial charge in [-0.2, -0.15) is 13.2 Å². The van der Waals surface area contributed by atoms with E-state index in [4.69, 9.17) is 0 Å². The van der Waals surface area contributed by atoms with Crippen LogP contribution in [0, 0.1) is 5.92 Å². The molecule has 1 fully saturated rings. The molecule has 1 aromatic carbocycles. The summed E-state index contributed by atoms with van der Waals surface area (Å²) in [5, 5.41) is 4.71. The predicted molar refractivity (Wildman–Crippen MR) is 92.7 cm³/mol. The van der Waals surface area contributed by atoms with E-state index in [2.05, 4.69) is 31.5 Å². The number of carbonyl (C=O) groups is 2. The van der Waals surface area contributed by atoms with Crippen molar-refractivity contribution in [3.8, 4) is 0 Å². The van der Waals surface area contributed by atoms with Gasteiger partial charge in [0.2, 0.25) is 5.91 Å². The van der Waals surface area contributed by atoms with Crippen molar-refractivity contribution in [3.05, 3.63) is 52.3 Å². The topological polar surface area (TPSA) is 71.1 Å². The molecule has 1 aliphatic rings. The number of anilines is 2. The Morgan fingerprint density at radius 3 is 2.46 bits per heavy atom. The van der Waals surface area contributed by atoms with Crippen molar-refractivity contribution in [1.29, 1.82) is 0 Å². The molecule has 9 heteroatoms. The zero-order chi connectivity index (χ0) is 18.9. The first-order chi connectivity index (χ1) is 12.2. The largest absolute Gasteiger partial charge is 0.418 e. The molecule has 0 unspecified atom stereocenters. The van der Waals surface area contributed by atoms with Crippen LogP contribution in [-0.2, 0) is 11.0 Å². The van der Waals surface area contributed by atoms with Gasteiger partial charge in [-0.15, -0.1) is 0 Å². The van der Waals surface area contributed by atoms with Crippen LogP contribution in [0.25, 0.3) is 0 Å². The van der Waals surface area contributed by atoms with E-state index in [1.165, 1.54) is 24.5 Å². The lowest BCUT2D eigenvalue weighted by atomic mass is 10.1. The van der Waals surface area contributed by atoms with Crippen molar-refractivity contribution in [1.82, 2.24) is 4.98 Å². The molecule has 26 heavy (non-hydrogen) atoms. The van der Waals surface area contributed by atoms with E-state index in [-0.39, 0.29) is 23.1 Å². The smallest absolute Gasteiger partial charge is 0.326 e. The summed E-state index contributed by atoms with van der Waals surface area (Å²) in [7, 11) is 0. The number of halogens is 4. The molecule has 1 aliphatic carbocycles. The van der Waals surface area contributed by atoms with Gasteiger partial charge < -0.3 is 10.6 Å². The molecule has 2 aromatic rings. The van der Waals surface area contributed by atoms with Crippen LogP contribution in [0.4, 0.5) is 24.5 Å². The van der Waals surface area contributed by atoms with E-state index < -0.39 is 23.3 Å². The molecule has 0 atom stereocenters. The molecule has 0 radical (unpaired) electrons. The first kappa shape index (κ1) is 18.4. The summed E-state index contributed by atoms with van der Waals surface area (Å²) in [6, 6.07) is 4.70. The Kier molecular flexibility index (Phi) is 4.99. The first-order valence-corrected chi connectivity index (χ1v) is 8.47. The maximum atomic E-state index is 13.4. The summed E-state index contributed by atoms with van der Waals surface area (Å²) >= 11 is 3.15. The Morgan fingerprint density at radius 2 is 1.85 bits per heavy atom. The molecule has 0 spiro atoms. The Bertz CT molecular complexity index is 867. The second kappa shape index (κ2) is 7.06. The van der Waals surface area contributed by atoms with Crippen LogP contribution in [0.15, 0.2) is 41.1 Å². The molecule has 0 aliphatic heterocycles. The molecule has 2 N–H and O–H groups in total. The third kappa shape index (κ3) is 4.40. The fourth-order valence-electron chi connectivity index (χ4n) is 2.29. The number of benzene rings is 1. The molecular formula is C17H13BrF3N3O2. The summed E-state index contributed by atoms with van der Waals surface area (Å²) in [6.07, 6.45) is -0.509. The lowest BCUT2D eigenvalue weighted by Gasteiger charge is -2.16. The highest BCUT2D eigenvalue weighted by atomic mass is 79.9. The van der Waals surface area contributed by atoms with Crippen LogP contribution in [0.1, 0.15) is 28.8 Å². The average Bonchev–Trinajstić information content (AvgIpc) is 3.40. The zero-order valence-corrected chi connectivity index (χ0v) is 14.8. The van der Waals surface area contributed by atoms with Crippen LogP contribution in [0.2, 0.25) is 0 Å². The fourth-order valence-corrected chi connectivity index (χ4v) is 2.65. The first-order valence-electron chi connectivity index (χ1n) is 7.68. The van der Waals surface area contributed by atoms with E-state index >= 15 is 0 Å². The van der Waals surface area contributed by atoms with Gasteiger partial charge in [-0.1, -0.05) is 0 Å². The second-order valence-corrected chi connectivity index (χ2v) is 6.78. The van der Waals surface area contributed by atoms with Crippen LogP contribution in [0.5, 0.6) is 0 Å². The number of rotatable bonds is 4. The minimum Gasteiger partial charge on any atom is -0.326 e. The highest BCUT2D eigenvalue weighted by Gasteiger charge is 2.35. The van der Waals surface area contributed by atoms with Crippen molar-refractivity contribution in [2.75, 3.05) is 10.6 Å². The van der Waals surface area contributed by atoms with Gasteiger partial charge in [-0.3, -0.25) is 14.6 Å². The lowest BCUT2D eigenvalue weighted by Crippen LogP contribution is -2.18. The van der Waals surface area contributed by atoms with Gasteiger partial charge in [0.05, 0.1) is 16.8 Å². The van der Waals surface area contributed by atoms with Crippen molar-refractivity contribution in [3.63, 3.8) is 0 Å². The van der Waals surface area contributed by atoms with Gasteiger partial charge in [0.25, 0.3) is 5.91 Å². The van der Waals surface area contributed by atoms with Crippen molar-refractivity contribution in [2.24, 2.45) is 5.92 Å². The van der Waals surface area contributed by atoms with Crippen molar-refractivity contribution < 1.29 is 22.8 Å². The molecule has 0 saturated heterocycles. The molecular weight excluding hydrogens is 415 g/mol. The number of pyridine rings is 1. The highest BCUT2D eigenvalue weighted by Crippen LogP contribution is 2.37. The lowest BCUT2D eigenvalue weighted by molar-refractivity contribution is -0.137. The molecule has 136 valence electrons. The SMILES string of the molecule is O=C(Nc1ccc(NC(=O)C2CC2)cc1C(F)(F)F)c1cncc(Br)c1. The molecule has 2 amide bonds. The molecule has 1 saturated carbocycles. The number of nitrogens with zero attached hydrogens (tertiary/aromatic N) is 1. The van der Waals surface area contributed by atoms with Gasteiger partial charge in [0.15, 0.2) is 0 Å². The predicted octanol–water partition coefficient (Wildman–Crippen LogP) is 4.46. The molecule has 1 aromatic heterocycles. The van der Waals surface area contributed by atoms with Gasteiger partial charge >= 0.3 is 6.18 Å². The maximum Gasteiger partial charge on any atom is 0.418 e. The Labute approximate surface area is 155 Å². The number of hydrogen-bond acceptors (Lipinski definition) is 3. The Hall–Kier alpha value is -2.42. The summed E-state index contributed by atoms with van der Waals surface area (Å²) in [5.41, 5.74) is -1.29. The molecule has 5 nitrogen and oxygen atoms in total. The normalized spacial score (nSPS) is 14.0. The zero-order valence-electron chi connectivity index (χ0n) is 13.2. The standard InChI is InChI=1S/C17H13BrF3N3O2/c18-11-5-10(7-22-8-11)16(26)24-14-4-3-12(6-13(14)17(19,20)21)23-15(25)9-1-2-9/h3-9H,1-2H2,(H,23,25)(H,24,26). The molecule has 0 bridgehead atoms. The van der Waals surface area contributed by atoms with Gasteiger partial charge in [0.1, 0.15) is 0 Å². The number of carbonyl (C=O) groups excluding carboxylic acids is 2. The highest BCUT2D eigenvalue weighted by molar-refractivity contribution is 9.10. The van der Waals surface area contributed by atoms with E-state index in [9.17, 15) is 22.8 Å². The maximum absolute atomic E-state index is 13.4. The third-order valence-corrected chi connectivity index (χ3v) is 4.19. The summed E-state index contributed by atoms with van der Waals surface area (Å²) < 4.78 is 40.6. The summed E-state index contributed by atoms with van der Waals surface area (Å²) in [5.74, 6) is -1.15. The van der Waals surface area contributed by atoms with Crippen molar-refractivity contribution >= 4 is 39.1 Å². The average molecular weight is 428 g/mol. The fraction of sp³-hybridized carbons (Fsp3) is 0.235. The van der Waals surface area contributed by atoms with Gasteiger partial charge in [-0.25, -0.2) is 0 Å². The second-order valence-electron chi connectivity index (χ2n) is 5.87. The van der Waals surface area contributed by atoms with E-state index in [0.717, 1.165) is 25.0 Å². The van der Waals surface area contributed by atoms with Crippen LogP contribution in [-0.4, -0.2) is 16.8 Å². The van der Waals surface area contributed by atoms with E-state index in [1.807, 2.05) is 0 Å².